The highest BCUT2D eigenvalue weighted by atomic mass is 19.1. The average Bonchev–Trinajstić information content (AvgIpc) is 2.91. The molecule has 0 bridgehead atoms. The Bertz CT molecular complexity index is 1250. The van der Waals surface area contributed by atoms with E-state index in [4.69, 9.17) is 0 Å². The fourth-order valence-electron chi connectivity index (χ4n) is 4.59. The normalized spacial score (nSPS) is 13.4. The zero-order valence-electron chi connectivity index (χ0n) is 27.3. The molecule has 0 aliphatic heterocycles. The van der Waals surface area contributed by atoms with Crippen molar-refractivity contribution >= 4 is 17.6 Å². The number of nitrogens with zero attached hydrogens (tertiary/aromatic N) is 1. The van der Waals surface area contributed by atoms with Crippen molar-refractivity contribution in [1.29, 1.82) is 0 Å². The summed E-state index contributed by atoms with van der Waals surface area (Å²) in [6, 6.07) is 2.66. The van der Waals surface area contributed by atoms with Gasteiger partial charge in [-0.2, -0.15) is 0 Å². The van der Waals surface area contributed by atoms with Crippen LogP contribution in [0.25, 0.3) is 6.08 Å². The second kappa shape index (κ2) is 18.4. The summed E-state index contributed by atoms with van der Waals surface area (Å²) in [5, 5.41) is 3.48. The summed E-state index contributed by atoms with van der Waals surface area (Å²) >= 11 is 0. The van der Waals surface area contributed by atoms with Gasteiger partial charge < -0.3 is 5.32 Å². The topological polar surface area (TPSA) is 41.5 Å². The molecule has 0 amide bonds. The van der Waals surface area contributed by atoms with Crippen LogP contribution in [-0.4, -0.2) is 31.6 Å². The smallest absolute Gasteiger partial charge is 0.158 e. The van der Waals surface area contributed by atoms with Gasteiger partial charge in [-0.05, 0) is 100 Å². The van der Waals surface area contributed by atoms with Crippen LogP contribution in [0.15, 0.2) is 81.9 Å². The number of allylic oxidation sites excluding steroid dienone is 7. The number of unbranched alkanes of at least 4 members (excludes halogenated alkanes) is 1. The minimum absolute atomic E-state index is 0.00587. The lowest BCUT2D eigenvalue weighted by atomic mass is 9.84. The number of hydrogen-bond acceptors (Lipinski definition) is 3. The summed E-state index contributed by atoms with van der Waals surface area (Å²) in [4.78, 5) is 17.5. The first kappa shape index (κ1) is 36.8. The lowest BCUT2D eigenvalue weighted by Gasteiger charge is -2.21. The van der Waals surface area contributed by atoms with E-state index in [1.54, 1.807) is 13.1 Å². The summed E-state index contributed by atoms with van der Waals surface area (Å²) < 4.78 is 28.6. The van der Waals surface area contributed by atoms with Gasteiger partial charge in [0.15, 0.2) is 5.78 Å². The lowest BCUT2D eigenvalue weighted by Crippen LogP contribution is -2.21. The van der Waals surface area contributed by atoms with E-state index >= 15 is 0 Å². The van der Waals surface area contributed by atoms with Crippen molar-refractivity contribution in [3.8, 4) is 0 Å². The summed E-state index contributed by atoms with van der Waals surface area (Å²) in [5.41, 5.74) is 7.26. The second-order valence-corrected chi connectivity index (χ2v) is 11.7. The highest BCUT2D eigenvalue weighted by Crippen LogP contribution is 2.32. The molecule has 0 aromatic heterocycles. The molecule has 3 nitrogen and oxygen atoms in total. The van der Waals surface area contributed by atoms with Gasteiger partial charge in [0.25, 0.3) is 0 Å². The Kier molecular flexibility index (Phi) is 16.1. The monoisotopic (exact) mass is 578 g/mol. The van der Waals surface area contributed by atoms with Crippen LogP contribution in [0.3, 0.4) is 0 Å². The molecule has 0 aliphatic carbocycles. The van der Waals surface area contributed by atoms with Gasteiger partial charge in [0.05, 0.1) is 0 Å². The van der Waals surface area contributed by atoms with Gasteiger partial charge in [-0.3, -0.25) is 9.79 Å². The van der Waals surface area contributed by atoms with E-state index in [1.807, 2.05) is 26.8 Å². The van der Waals surface area contributed by atoms with E-state index in [0.29, 0.717) is 36.3 Å². The zero-order valence-corrected chi connectivity index (χ0v) is 27.3. The van der Waals surface area contributed by atoms with Crippen molar-refractivity contribution in [3.05, 3.63) is 99.7 Å². The molecular weight excluding hydrogens is 526 g/mol. The molecule has 0 saturated carbocycles. The summed E-state index contributed by atoms with van der Waals surface area (Å²) in [5.74, 6) is -0.568. The third-order valence-electron chi connectivity index (χ3n) is 7.13. The predicted octanol–water partition coefficient (Wildman–Crippen LogP) is 9.85. The van der Waals surface area contributed by atoms with Crippen LogP contribution in [0.1, 0.15) is 91.2 Å². The maximum Gasteiger partial charge on any atom is 0.158 e. The predicted molar refractivity (Wildman–Crippen MR) is 178 cm³/mol. The molecule has 0 radical (unpaired) electrons. The van der Waals surface area contributed by atoms with Gasteiger partial charge in [-0.1, -0.05) is 75.8 Å². The number of carbonyl (C=O) groups is 1. The van der Waals surface area contributed by atoms with Gasteiger partial charge in [-0.15, -0.1) is 0 Å². The fraction of sp³-hybridized carbons (Fsp3) is 0.459. The molecule has 42 heavy (non-hydrogen) atoms. The summed E-state index contributed by atoms with van der Waals surface area (Å²) in [7, 11) is 1.75. The third-order valence-corrected chi connectivity index (χ3v) is 7.13. The Labute approximate surface area is 254 Å². The van der Waals surface area contributed by atoms with Gasteiger partial charge in [0.2, 0.25) is 0 Å². The second-order valence-electron chi connectivity index (χ2n) is 11.7. The number of rotatable bonds is 18. The zero-order chi connectivity index (χ0) is 32.0. The van der Waals surface area contributed by atoms with E-state index in [-0.39, 0.29) is 11.3 Å². The molecular formula is C37H52F2N2O. The molecule has 5 heteroatoms. The molecule has 1 rings (SSSR count). The van der Waals surface area contributed by atoms with Crippen LogP contribution in [0.5, 0.6) is 0 Å². The molecule has 0 unspecified atom stereocenters. The van der Waals surface area contributed by atoms with E-state index in [0.717, 1.165) is 71.5 Å². The molecule has 1 aromatic carbocycles. The van der Waals surface area contributed by atoms with Crippen LogP contribution in [0.4, 0.5) is 8.78 Å². The first-order chi connectivity index (χ1) is 19.7. The van der Waals surface area contributed by atoms with E-state index in [1.165, 1.54) is 19.1 Å². The number of ketones is 1. The SMILES string of the molecule is C=C(CCNCC(C)C)C\C(C(=C)C)=C(C(C)=NC)/C(=C\C(C)=C/c1cc(F)c(C)c(F)c1)CC(=C)C(=O)CCCC. The highest BCUT2D eigenvalue weighted by molar-refractivity contribution is 6.04. The Balaban J connectivity index is 3.71. The Morgan fingerprint density at radius 1 is 1.05 bits per heavy atom. The van der Waals surface area contributed by atoms with Gasteiger partial charge in [0, 0.05) is 36.7 Å². The third kappa shape index (κ3) is 12.4. The Morgan fingerprint density at radius 2 is 1.67 bits per heavy atom. The molecule has 230 valence electrons. The van der Waals surface area contributed by atoms with Crippen molar-refractivity contribution in [2.24, 2.45) is 10.9 Å². The standard InChI is InChI=1S/C37H52F2N2O/c1-12-13-14-36(42)28(8)20-32(18-27(7)17-31-21-34(38)29(9)35(39)22-31)37(30(10)40-11)33(25(4)5)19-26(6)15-16-41-23-24(2)3/h17-18,21-22,24,41H,4,6,8,12-16,19-20,23H2,1-3,5,7,9-11H3/b27-17-,32-18-,37-33+,40-30?. The van der Waals surface area contributed by atoms with Crippen molar-refractivity contribution in [1.82, 2.24) is 5.32 Å². The minimum atomic E-state index is -0.589. The molecule has 0 atom stereocenters. The van der Waals surface area contributed by atoms with E-state index in [9.17, 15) is 13.6 Å². The number of aliphatic imine (C=N–C) groups is 1. The molecule has 0 saturated heterocycles. The van der Waals surface area contributed by atoms with E-state index in [2.05, 4.69) is 50.8 Å². The maximum atomic E-state index is 14.3. The lowest BCUT2D eigenvalue weighted by molar-refractivity contribution is -0.115. The van der Waals surface area contributed by atoms with Gasteiger partial charge >= 0.3 is 0 Å². The molecule has 0 aliphatic rings. The maximum absolute atomic E-state index is 14.3. The van der Waals surface area contributed by atoms with Gasteiger partial charge in [0.1, 0.15) is 11.6 Å². The molecule has 1 N–H and O–H groups in total. The van der Waals surface area contributed by atoms with Crippen molar-refractivity contribution in [2.45, 2.75) is 87.0 Å². The largest absolute Gasteiger partial charge is 0.316 e. The number of hydrogen-bond donors (Lipinski definition) is 1. The number of carbonyl (C=O) groups excluding carboxylic acids is 1. The Morgan fingerprint density at radius 3 is 2.19 bits per heavy atom. The Hall–Kier alpha value is -3.18. The molecule has 0 heterocycles. The minimum Gasteiger partial charge on any atom is -0.316 e. The average molecular weight is 579 g/mol. The highest BCUT2D eigenvalue weighted by Gasteiger charge is 2.20. The number of Topliss-reactive ketones (excluding diaryl/α,β-unsaturated/α-hetero) is 1. The van der Waals surface area contributed by atoms with E-state index < -0.39 is 11.6 Å². The first-order valence-corrected chi connectivity index (χ1v) is 15.0. The molecule has 1 aromatic rings. The van der Waals surface area contributed by atoms with Crippen molar-refractivity contribution in [3.63, 3.8) is 0 Å². The quantitative estimate of drug-likeness (QED) is 0.0619. The van der Waals surface area contributed by atoms with Crippen LogP contribution in [0, 0.1) is 24.5 Å². The number of halogens is 2. The van der Waals surface area contributed by atoms with Crippen LogP contribution < -0.4 is 5.32 Å². The van der Waals surface area contributed by atoms with Crippen LogP contribution >= 0.6 is 0 Å². The first-order valence-electron chi connectivity index (χ1n) is 15.0. The summed E-state index contributed by atoms with van der Waals surface area (Å²) in [6.45, 7) is 28.2. The van der Waals surface area contributed by atoms with Gasteiger partial charge in [-0.25, -0.2) is 8.78 Å². The van der Waals surface area contributed by atoms with Crippen molar-refractivity contribution in [2.75, 3.05) is 20.1 Å². The van der Waals surface area contributed by atoms with Crippen LogP contribution in [-0.2, 0) is 4.79 Å². The molecule has 0 fully saturated rings. The molecule has 0 spiro atoms. The summed E-state index contributed by atoms with van der Waals surface area (Å²) in [6.07, 6.45) is 7.65. The number of benzene rings is 1. The number of nitrogens with one attached hydrogen (secondary N) is 1. The van der Waals surface area contributed by atoms with Crippen molar-refractivity contribution < 1.29 is 13.6 Å². The fourth-order valence-corrected chi connectivity index (χ4v) is 4.59. The van der Waals surface area contributed by atoms with Crippen LogP contribution in [0.2, 0.25) is 0 Å².